The highest BCUT2D eigenvalue weighted by atomic mass is 32.1. The quantitative estimate of drug-likeness (QED) is 0.604. The van der Waals surface area contributed by atoms with Gasteiger partial charge in [0, 0.05) is 24.5 Å². The molecule has 29 heavy (non-hydrogen) atoms. The van der Waals surface area contributed by atoms with E-state index in [9.17, 15) is 14.4 Å². The summed E-state index contributed by atoms with van der Waals surface area (Å²) in [4.78, 5) is 44.3. The third-order valence-electron chi connectivity index (χ3n) is 3.69. The number of esters is 1. The first kappa shape index (κ1) is 20.2. The van der Waals surface area contributed by atoms with E-state index in [-0.39, 0.29) is 5.91 Å². The predicted molar refractivity (Wildman–Crippen MR) is 110 cm³/mol. The molecular formula is C20H18N4O4S. The fourth-order valence-electron chi connectivity index (χ4n) is 2.42. The van der Waals surface area contributed by atoms with E-state index in [0.717, 1.165) is 0 Å². The molecule has 0 saturated carbocycles. The number of hydrogen-bond donors (Lipinski definition) is 2. The molecule has 0 aliphatic heterocycles. The lowest BCUT2D eigenvalue weighted by Gasteiger charge is -2.07. The molecule has 0 aliphatic carbocycles. The molecule has 0 fully saturated rings. The van der Waals surface area contributed by atoms with Gasteiger partial charge in [0.2, 0.25) is 5.91 Å². The van der Waals surface area contributed by atoms with Gasteiger partial charge >= 0.3 is 5.97 Å². The zero-order valence-corrected chi connectivity index (χ0v) is 16.6. The Hall–Kier alpha value is -3.59. The number of anilines is 2. The number of aryl methyl sites for hydroxylation is 1. The highest BCUT2D eigenvalue weighted by Gasteiger charge is 2.19. The van der Waals surface area contributed by atoms with E-state index in [1.54, 1.807) is 49.5 Å². The van der Waals surface area contributed by atoms with Gasteiger partial charge in [0.05, 0.1) is 11.4 Å². The summed E-state index contributed by atoms with van der Waals surface area (Å²) in [6.07, 6.45) is 1.65. The van der Waals surface area contributed by atoms with Crippen LogP contribution in [0.2, 0.25) is 0 Å². The Labute approximate surface area is 171 Å². The molecule has 1 aromatic carbocycles. The number of carbonyl (C=O) groups is 3. The van der Waals surface area contributed by atoms with Crippen LogP contribution in [0.4, 0.5) is 11.4 Å². The summed E-state index contributed by atoms with van der Waals surface area (Å²) in [5, 5.41) is 5.87. The molecule has 2 aromatic heterocycles. The third kappa shape index (κ3) is 5.45. The fourth-order valence-corrected chi connectivity index (χ4v) is 3.36. The zero-order valence-electron chi connectivity index (χ0n) is 15.8. The number of aromatic nitrogens is 2. The van der Waals surface area contributed by atoms with Crippen molar-refractivity contribution in [2.45, 2.75) is 13.8 Å². The number of carbonyl (C=O) groups excluding carboxylic acids is 3. The van der Waals surface area contributed by atoms with Crippen molar-refractivity contribution in [2.24, 2.45) is 0 Å². The monoisotopic (exact) mass is 410 g/mol. The molecule has 8 nitrogen and oxygen atoms in total. The van der Waals surface area contributed by atoms with Crippen molar-refractivity contribution in [3.63, 3.8) is 0 Å². The number of ether oxygens (including phenoxy) is 1. The predicted octanol–water partition coefficient (Wildman–Crippen LogP) is 3.27. The minimum Gasteiger partial charge on any atom is -0.451 e. The number of thiazole rings is 1. The average molecular weight is 410 g/mol. The van der Waals surface area contributed by atoms with Crippen molar-refractivity contribution < 1.29 is 19.1 Å². The van der Waals surface area contributed by atoms with E-state index < -0.39 is 18.5 Å². The van der Waals surface area contributed by atoms with E-state index in [0.29, 0.717) is 32.6 Å². The maximum Gasteiger partial charge on any atom is 0.350 e. The molecule has 3 aromatic rings. The van der Waals surface area contributed by atoms with Crippen LogP contribution in [-0.4, -0.2) is 34.4 Å². The molecule has 2 N–H and O–H groups in total. The van der Waals surface area contributed by atoms with Gasteiger partial charge in [0.1, 0.15) is 9.88 Å². The van der Waals surface area contributed by atoms with Crippen LogP contribution in [0.1, 0.15) is 22.3 Å². The summed E-state index contributed by atoms with van der Waals surface area (Å²) in [7, 11) is 0. The van der Waals surface area contributed by atoms with E-state index in [1.165, 1.54) is 18.3 Å². The molecule has 0 radical (unpaired) electrons. The number of nitrogens with zero attached hydrogens (tertiary/aromatic N) is 2. The standard InChI is InChI=1S/C20H18N4O4S/c1-12-18(29-19(22-12)16-5-3-4-10-21-16)20(27)28-11-17(26)24-15-8-6-14(7-9-15)23-13(2)25/h3-10H,11H2,1-2H3,(H,23,25)(H,24,26). The van der Waals surface area contributed by atoms with Crippen molar-refractivity contribution in [2.75, 3.05) is 17.2 Å². The van der Waals surface area contributed by atoms with Crippen LogP contribution in [0, 0.1) is 6.92 Å². The molecule has 9 heteroatoms. The van der Waals surface area contributed by atoms with E-state index >= 15 is 0 Å². The summed E-state index contributed by atoms with van der Waals surface area (Å²) in [6, 6.07) is 12.0. The second-order valence-electron chi connectivity index (χ2n) is 6.03. The Morgan fingerprint density at radius 2 is 1.72 bits per heavy atom. The molecule has 0 aliphatic rings. The van der Waals surface area contributed by atoms with Gasteiger partial charge in [0.15, 0.2) is 6.61 Å². The van der Waals surface area contributed by atoms with Gasteiger partial charge in [-0.15, -0.1) is 11.3 Å². The summed E-state index contributed by atoms with van der Waals surface area (Å²) in [6.45, 7) is 2.69. The minimum atomic E-state index is -0.613. The summed E-state index contributed by atoms with van der Waals surface area (Å²) in [5.74, 6) is -1.27. The minimum absolute atomic E-state index is 0.182. The molecule has 0 atom stereocenters. The lowest BCUT2D eigenvalue weighted by atomic mass is 10.2. The SMILES string of the molecule is CC(=O)Nc1ccc(NC(=O)COC(=O)c2sc(-c3ccccn3)nc2C)cc1. The van der Waals surface area contributed by atoms with Crippen LogP contribution in [0.5, 0.6) is 0 Å². The Kier molecular flexibility index (Phi) is 6.30. The average Bonchev–Trinajstić information content (AvgIpc) is 3.10. The van der Waals surface area contributed by atoms with Gasteiger partial charge in [-0.05, 0) is 43.3 Å². The molecular weight excluding hydrogens is 392 g/mol. The van der Waals surface area contributed by atoms with Gasteiger partial charge in [0.25, 0.3) is 5.91 Å². The van der Waals surface area contributed by atoms with Crippen molar-refractivity contribution in [1.29, 1.82) is 0 Å². The van der Waals surface area contributed by atoms with Crippen molar-refractivity contribution >= 4 is 40.5 Å². The number of nitrogens with one attached hydrogen (secondary N) is 2. The Bertz CT molecular complexity index is 1030. The first-order valence-corrected chi connectivity index (χ1v) is 9.47. The summed E-state index contributed by atoms with van der Waals surface area (Å²) < 4.78 is 5.11. The Morgan fingerprint density at radius 3 is 2.34 bits per heavy atom. The topological polar surface area (TPSA) is 110 Å². The highest BCUT2D eigenvalue weighted by molar-refractivity contribution is 7.17. The van der Waals surface area contributed by atoms with Crippen LogP contribution < -0.4 is 10.6 Å². The Balaban J connectivity index is 1.56. The van der Waals surface area contributed by atoms with Crippen LogP contribution in [0.25, 0.3) is 10.7 Å². The maximum atomic E-state index is 12.3. The maximum absolute atomic E-state index is 12.3. The molecule has 2 heterocycles. The molecule has 0 saturated heterocycles. The number of pyridine rings is 1. The highest BCUT2D eigenvalue weighted by Crippen LogP contribution is 2.26. The van der Waals surface area contributed by atoms with Crippen LogP contribution >= 0.6 is 11.3 Å². The first-order valence-electron chi connectivity index (χ1n) is 8.66. The largest absolute Gasteiger partial charge is 0.451 e. The third-order valence-corrected chi connectivity index (χ3v) is 4.85. The van der Waals surface area contributed by atoms with Crippen LogP contribution in [-0.2, 0) is 14.3 Å². The lowest BCUT2D eigenvalue weighted by Crippen LogP contribution is -2.20. The van der Waals surface area contributed by atoms with E-state index in [2.05, 4.69) is 20.6 Å². The van der Waals surface area contributed by atoms with Crippen molar-refractivity contribution in [1.82, 2.24) is 9.97 Å². The number of amides is 2. The van der Waals surface area contributed by atoms with Gasteiger partial charge in [-0.1, -0.05) is 6.07 Å². The zero-order chi connectivity index (χ0) is 20.8. The second-order valence-corrected chi connectivity index (χ2v) is 7.03. The number of benzene rings is 1. The van der Waals surface area contributed by atoms with Gasteiger partial charge in [-0.2, -0.15) is 0 Å². The Morgan fingerprint density at radius 1 is 1.03 bits per heavy atom. The van der Waals surface area contributed by atoms with Crippen molar-refractivity contribution in [3.05, 3.63) is 59.2 Å². The fraction of sp³-hybridized carbons (Fsp3) is 0.150. The summed E-state index contributed by atoms with van der Waals surface area (Å²) in [5.41, 5.74) is 2.33. The molecule has 0 bridgehead atoms. The normalized spacial score (nSPS) is 10.3. The van der Waals surface area contributed by atoms with E-state index in [4.69, 9.17) is 4.74 Å². The number of rotatable bonds is 6. The van der Waals surface area contributed by atoms with Gasteiger partial charge in [-0.25, -0.2) is 9.78 Å². The van der Waals surface area contributed by atoms with Crippen LogP contribution in [0.15, 0.2) is 48.7 Å². The summed E-state index contributed by atoms with van der Waals surface area (Å²) >= 11 is 1.17. The lowest BCUT2D eigenvalue weighted by molar-refractivity contribution is -0.119. The second kappa shape index (κ2) is 9.07. The van der Waals surface area contributed by atoms with Gasteiger partial charge in [-0.3, -0.25) is 14.6 Å². The van der Waals surface area contributed by atoms with Crippen LogP contribution in [0.3, 0.4) is 0 Å². The molecule has 2 amide bonds. The van der Waals surface area contributed by atoms with Gasteiger partial charge < -0.3 is 15.4 Å². The first-order chi connectivity index (χ1) is 13.9. The smallest absolute Gasteiger partial charge is 0.350 e. The van der Waals surface area contributed by atoms with E-state index in [1.807, 2.05) is 6.07 Å². The molecule has 0 spiro atoms. The molecule has 0 unspecified atom stereocenters. The number of hydrogen-bond acceptors (Lipinski definition) is 7. The van der Waals surface area contributed by atoms with Crippen molar-refractivity contribution in [3.8, 4) is 10.7 Å². The molecule has 3 rings (SSSR count). The molecule has 148 valence electrons.